The fourth-order valence-corrected chi connectivity index (χ4v) is 1.48. The first-order chi connectivity index (χ1) is 9.11. The number of alkyl halides is 3. The van der Waals surface area contributed by atoms with Crippen molar-refractivity contribution in [3.8, 4) is 0 Å². The third-order valence-corrected chi connectivity index (χ3v) is 2.28. The highest BCUT2D eigenvalue weighted by Crippen LogP contribution is 2.33. The van der Waals surface area contributed by atoms with Crippen LogP contribution in [0.15, 0.2) is 12.3 Å². The number of rotatable bonds is 5. The zero-order valence-electron chi connectivity index (χ0n) is 10.3. The van der Waals surface area contributed by atoms with Crippen LogP contribution in [0, 0.1) is 10.1 Å². The second-order valence-electron chi connectivity index (χ2n) is 4.06. The van der Waals surface area contributed by atoms with Crippen molar-refractivity contribution in [3.63, 3.8) is 0 Å². The molecule has 0 bridgehead atoms. The summed E-state index contributed by atoms with van der Waals surface area (Å²) in [6.07, 6.45) is -4.39. The summed E-state index contributed by atoms with van der Waals surface area (Å²) in [4.78, 5) is 23.6. The first kappa shape index (κ1) is 15.7. The van der Waals surface area contributed by atoms with E-state index in [-0.39, 0.29) is 12.1 Å². The molecule has 1 amide bonds. The van der Waals surface area contributed by atoms with E-state index in [1.165, 1.54) is 6.92 Å². The lowest BCUT2D eigenvalue weighted by molar-refractivity contribution is -0.384. The van der Waals surface area contributed by atoms with E-state index in [9.17, 15) is 28.1 Å². The fraction of sp³-hybridized carbons (Fsp3) is 0.400. The summed E-state index contributed by atoms with van der Waals surface area (Å²) in [5, 5.41) is 13.2. The standard InChI is InChI=1S/C10H11F3N4O3/c1-5(2-9(14)18)16-6-3-8(10(11,12)13)15-4-7(6)17(19)20/h3-5H,2H2,1H3,(H2,14,18)(H,15,16). The van der Waals surface area contributed by atoms with Crippen molar-refractivity contribution in [2.24, 2.45) is 5.73 Å². The van der Waals surface area contributed by atoms with Gasteiger partial charge in [0.25, 0.3) is 0 Å². The van der Waals surface area contributed by atoms with E-state index in [0.29, 0.717) is 12.3 Å². The molecule has 0 aliphatic rings. The predicted octanol–water partition coefficient (Wildman–Crippen LogP) is 1.68. The highest BCUT2D eigenvalue weighted by Gasteiger charge is 2.34. The Labute approximate surface area is 111 Å². The van der Waals surface area contributed by atoms with Gasteiger partial charge in [-0.15, -0.1) is 0 Å². The minimum atomic E-state index is -4.72. The molecule has 1 unspecified atom stereocenters. The first-order valence-corrected chi connectivity index (χ1v) is 5.37. The van der Waals surface area contributed by atoms with Gasteiger partial charge in [0, 0.05) is 12.5 Å². The van der Waals surface area contributed by atoms with Crippen LogP contribution in [0.1, 0.15) is 19.0 Å². The summed E-state index contributed by atoms with van der Waals surface area (Å²) in [6, 6.07) is -0.134. The van der Waals surface area contributed by atoms with Crippen LogP contribution >= 0.6 is 0 Å². The predicted molar refractivity (Wildman–Crippen MR) is 62.8 cm³/mol. The second-order valence-corrected chi connectivity index (χ2v) is 4.06. The number of hydrogen-bond acceptors (Lipinski definition) is 5. The molecule has 1 rings (SSSR count). The molecule has 1 atom stereocenters. The number of pyridine rings is 1. The number of nitrogens with zero attached hydrogens (tertiary/aromatic N) is 2. The molecule has 20 heavy (non-hydrogen) atoms. The van der Waals surface area contributed by atoms with Gasteiger partial charge in [-0.3, -0.25) is 14.9 Å². The highest BCUT2D eigenvalue weighted by atomic mass is 19.4. The molecular weight excluding hydrogens is 281 g/mol. The van der Waals surface area contributed by atoms with E-state index >= 15 is 0 Å². The minimum Gasteiger partial charge on any atom is -0.376 e. The number of anilines is 1. The number of hydrogen-bond donors (Lipinski definition) is 2. The monoisotopic (exact) mass is 292 g/mol. The Balaban J connectivity index is 3.12. The van der Waals surface area contributed by atoms with Crippen molar-refractivity contribution in [2.75, 3.05) is 5.32 Å². The lowest BCUT2D eigenvalue weighted by Gasteiger charge is -2.15. The summed E-state index contributed by atoms with van der Waals surface area (Å²) in [7, 11) is 0. The Morgan fingerprint density at radius 2 is 2.20 bits per heavy atom. The Bertz CT molecular complexity index is 533. The minimum absolute atomic E-state index is 0.180. The Hall–Kier alpha value is -2.39. The molecule has 110 valence electrons. The maximum absolute atomic E-state index is 12.5. The molecule has 0 aromatic carbocycles. The molecule has 1 aromatic rings. The van der Waals surface area contributed by atoms with Gasteiger partial charge in [0.05, 0.1) is 4.92 Å². The van der Waals surface area contributed by atoms with Crippen molar-refractivity contribution in [3.05, 3.63) is 28.1 Å². The van der Waals surface area contributed by atoms with Crippen molar-refractivity contribution in [1.82, 2.24) is 4.98 Å². The van der Waals surface area contributed by atoms with Gasteiger partial charge in [0.1, 0.15) is 17.6 Å². The molecule has 0 aliphatic carbocycles. The zero-order valence-corrected chi connectivity index (χ0v) is 10.3. The Morgan fingerprint density at radius 1 is 1.60 bits per heavy atom. The van der Waals surface area contributed by atoms with Gasteiger partial charge >= 0.3 is 11.9 Å². The molecular formula is C10H11F3N4O3. The lowest BCUT2D eigenvalue weighted by atomic mass is 10.2. The zero-order chi connectivity index (χ0) is 15.5. The van der Waals surface area contributed by atoms with Crippen molar-refractivity contribution >= 4 is 17.3 Å². The molecule has 3 N–H and O–H groups in total. The van der Waals surface area contributed by atoms with Crippen molar-refractivity contribution < 1.29 is 22.9 Å². The average molecular weight is 292 g/mol. The van der Waals surface area contributed by atoms with Crippen molar-refractivity contribution in [2.45, 2.75) is 25.6 Å². The summed E-state index contributed by atoms with van der Waals surface area (Å²) >= 11 is 0. The van der Waals surface area contributed by atoms with Crippen LogP contribution in [-0.2, 0) is 11.0 Å². The van der Waals surface area contributed by atoms with Crippen LogP contribution in [0.5, 0.6) is 0 Å². The molecule has 0 fully saturated rings. The largest absolute Gasteiger partial charge is 0.433 e. The van der Waals surface area contributed by atoms with Gasteiger partial charge < -0.3 is 11.1 Å². The number of carbonyl (C=O) groups is 1. The summed E-state index contributed by atoms with van der Waals surface area (Å²) in [6.45, 7) is 1.46. The van der Waals surface area contributed by atoms with Crippen LogP contribution < -0.4 is 11.1 Å². The average Bonchev–Trinajstić information content (AvgIpc) is 2.25. The molecule has 1 aromatic heterocycles. The molecule has 0 saturated heterocycles. The number of primary amides is 1. The van der Waals surface area contributed by atoms with Gasteiger partial charge in [-0.25, -0.2) is 4.98 Å². The SMILES string of the molecule is CC(CC(N)=O)Nc1cc(C(F)(F)F)ncc1[N+](=O)[O-]. The van der Waals surface area contributed by atoms with Gasteiger partial charge in [-0.2, -0.15) is 13.2 Å². The maximum atomic E-state index is 12.5. The van der Waals surface area contributed by atoms with Crippen LogP contribution in [0.4, 0.5) is 24.5 Å². The number of nitrogens with two attached hydrogens (primary N) is 1. The van der Waals surface area contributed by atoms with Gasteiger partial charge in [-0.05, 0) is 13.0 Å². The molecule has 0 radical (unpaired) electrons. The van der Waals surface area contributed by atoms with Gasteiger partial charge in [0.15, 0.2) is 0 Å². The molecule has 0 saturated carbocycles. The van der Waals surface area contributed by atoms with Gasteiger partial charge in [0.2, 0.25) is 5.91 Å². The third-order valence-electron chi connectivity index (χ3n) is 2.28. The summed E-state index contributed by atoms with van der Waals surface area (Å²) in [5.41, 5.74) is 2.69. The first-order valence-electron chi connectivity index (χ1n) is 5.37. The van der Waals surface area contributed by atoms with E-state index in [0.717, 1.165) is 0 Å². The molecule has 1 heterocycles. The lowest BCUT2D eigenvalue weighted by Crippen LogP contribution is -2.24. The molecule has 0 aliphatic heterocycles. The van der Waals surface area contributed by atoms with Crippen LogP contribution in [0.3, 0.4) is 0 Å². The third kappa shape index (κ3) is 4.07. The number of halogens is 3. The summed E-state index contributed by atoms with van der Waals surface area (Å²) in [5.74, 6) is -0.683. The molecule has 0 spiro atoms. The number of carbonyl (C=O) groups excluding carboxylic acids is 1. The summed E-state index contributed by atoms with van der Waals surface area (Å²) < 4.78 is 37.5. The molecule has 10 heteroatoms. The van der Waals surface area contributed by atoms with Crippen LogP contribution in [0.2, 0.25) is 0 Å². The van der Waals surface area contributed by atoms with E-state index in [1.54, 1.807) is 0 Å². The molecule has 7 nitrogen and oxygen atoms in total. The van der Waals surface area contributed by atoms with Gasteiger partial charge in [-0.1, -0.05) is 0 Å². The number of nitro groups is 1. The quantitative estimate of drug-likeness (QED) is 0.633. The fourth-order valence-electron chi connectivity index (χ4n) is 1.48. The van der Waals surface area contributed by atoms with E-state index in [2.05, 4.69) is 10.3 Å². The van der Waals surface area contributed by atoms with Crippen LogP contribution in [0.25, 0.3) is 0 Å². The Kier molecular flexibility index (Phi) is 4.48. The van der Waals surface area contributed by atoms with E-state index < -0.39 is 34.4 Å². The normalized spacial score (nSPS) is 12.8. The van der Waals surface area contributed by atoms with Crippen molar-refractivity contribution in [1.29, 1.82) is 0 Å². The number of aromatic nitrogens is 1. The number of amides is 1. The van der Waals surface area contributed by atoms with E-state index in [4.69, 9.17) is 5.73 Å². The number of nitrogens with one attached hydrogen (secondary N) is 1. The van der Waals surface area contributed by atoms with E-state index in [1.807, 2.05) is 0 Å². The maximum Gasteiger partial charge on any atom is 0.433 e. The second kappa shape index (κ2) is 5.72. The Morgan fingerprint density at radius 3 is 2.65 bits per heavy atom. The topological polar surface area (TPSA) is 111 Å². The smallest absolute Gasteiger partial charge is 0.376 e. The van der Waals surface area contributed by atoms with Crippen LogP contribution in [-0.4, -0.2) is 21.9 Å². The highest BCUT2D eigenvalue weighted by molar-refractivity contribution is 5.75.